The van der Waals surface area contributed by atoms with Gasteiger partial charge in [-0.2, -0.15) is 18.2 Å². The first-order chi connectivity index (χ1) is 16.8. The molecular formula is C23H27F4N5O4. The van der Waals surface area contributed by atoms with Gasteiger partial charge in [0.1, 0.15) is 12.7 Å². The molecule has 4 rings (SSSR count). The third-order valence-corrected chi connectivity index (χ3v) is 5.83. The highest BCUT2D eigenvalue weighted by Crippen LogP contribution is 2.38. The molecule has 13 heteroatoms. The van der Waals surface area contributed by atoms with Crippen molar-refractivity contribution in [3.8, 4) is 11.5 Å². The number of hydrogen-bond acceptors (Lipinski definition) is 7. The Morgan fingerprint density at radius 3 is 2.72 bits per heavy atom. The number of primary amides is 1. The highest BCUT2D eigenvalue weighted by atomic mass is 19.4. The minimum atomic E-state index is -4.55. The zero-order valence-corrected chi connectivity index (χ0v) is 19.9. The Bertz CT molecular complexity index is 1230. The molecule has 0 bridgehead atoms. The first-order valence-corrected chi connectivity index (χ1v) is 11.3. The van der Waals surface area contributed by atoms with Crippen LogP contribution in [0, 0.1) is 5.41 Å². The maximum atomic E-state index is 14.4. The second-order valence-corrected chi connectivity index (χ2v) is 9.74. The summed E-state index contributed by atoms with van der Waals surface area (Å²) in [5, 5.41) is 7.41. The van der Waals surface area contributed by atoms with E-state index in [2.05, 4.69) is 15.5 Å². The molecule has 3 N–H and O–H groups in total. The van der Waals surface area contributed by atoms with Crippen LogP contribution in [0.25, 0.3) is 22.4 Å². The molecule has 3 aromatic rings. The minimum absolute atomic E-state index is 0.0297. The molecule has 0 radical (unpaired) electrons. The van der Waals surface area contributed by atoms with Gasteiger partial charge in [-0.3, -0.25) is 0 Å². The summed E-state index contributed by atoms with van der Waals surface area (Å²) in [4.78, 5) is 15.6. The lowest BCUT2D eigenvalue weighted by Crippen LogP contribution is -2.39. The van der Waals surface area contributed by atoms with Crippen LogP contribution in [0.2, 0.25) is 0 Å². The van der Waals surface area contributed by atoms with Crippen molar-refractivity contribution in [2.24, 2.45) is 11.1 Å². The number of fused-ring (bicyclic) bond motifs is 1. The van der Waals surface area contributed by atoms with Crippen LogP contribution in [0.15, 0.2) is 28.8 Å². The van der Waals surface area contributed by atoms with Gasteiger partial charge in [-0.05, 0) is 24.6 Å². The Balaban J connectivity index is 1.79. The number of aromatic nitrogens is 3. The molecule has 3 atom stereocenters. The molecule has 1 aliphatic rings. The van der Waals surface area contributed by atoms with Crippen molar-refractivity contribution in [3.63, 3.8) is 0 Å². The molecule has 3 heterocycles. The lowest BCUT2D eigenvalue weighted by molar-refractivity contribution is -0.139. The zero-order chi connectivity index (χ0) is 26.3. The summed E-state index contributed by atoms with van der Waals surface area (Å²) < 4.78 is 71.6. The number of alkyl halides is 4. The van der Waals surface area contributed by atoms with E-state index in [4.69, 9.17) is 19.7 Å². The van der Waals surface area contributed by atoms with Gasteiger partial charge in [0.15, 0.2) is 6.10 Å². The van der Waals surface area contributed by atoms with Crippen LogP contribution < -0.4 is 11.1 Å². The van der Waals surface area contributed by atoms with Crippen LogP contribution in [0.1, 0.15) is 39.2 Å². The summed E-state index contributed by atoms with van der Waals surface area (Å²) in [6, 6.07) is 5.73. The van der Waals surface area contributed by atoms with Crippen molar-refractivity contribution in [3.05, 3.63) is 30.2 Å². The number of ether oxygens (including phenoxy) is 2. The van der Waals surface area contributed by atoms with Crippen LogP contribution in [0.3, 0.4) is 0 Å². The van der Waals surface area contributed by atoms with E-state index in [0.29, 0.717) is 24.1 Å². The van der Waals surface area contributed by atoms with Gasteiger partial charge in [-0.25, -0.2) is 9.18 Å². The number of amides is 1. The fourth-order valence-corrected chi connectivity index (χ4v) is 4.17. The summed E-state index contributed by atoms with van der Waals surface area (Å²) in [5.74, 6) is -0.242. The lowest BCUT2D eigenvalue weighted by Gasteiger charge is -2.28. The fraction of sp³-hybridized carbons (Fsp3) is 0.522. The number of nitrogens with two attached hydrogens (primary N) is 1. The predicted molar refractivity (Wildman–Crippen MR) is 122 cm³/mol. The predicted octanol–water partition coefficient (Wildman–Crippen LogP) is 4.98. The van der Waals surface area contributed by atoms with Crippen LogP contribution in [0.4, 0.5) is 28.0 Å². The van der Waals surface area contributed by atoms with E-state index < -0.39 is 42.5 Å². The van der Waals surface area contributed by atoms with Crippen molar-refractivity contribution in [1.29, 1.82) is 0 Å². The second-order valence-electron chi connectivity index (χ2n) is 9.74. The fourth-order valence-electron chi connectivity index (χ4n) is 4.17. The summed E-state index contributed by atoms with van der Waals surface area (Å²) in [7, 11) is 0. The number of carbonyl (C=O) groups is 1. The summed E-state index contributed by atoms with van der Waals surface area (Å²) in [5.41, 5.74) is 5.23. The van der Waals surface area contributed by atoms with Gasteiger partial charge in [0.2, 0.25) is 5.82 Å². The number of rotatable bonds is 6. The van der Waals surface area contributed by atoms with Crippen LogP contribution in [0.5, 0.6) is 0 Å². The summed E-state index contributed by atoms with van der Waals surface area (Å²) in [6.07, 6.45) is -7.48. The topological polar surface area (TPSA) is 117 Å². The summed E-state index contributed by atoms with van der Waals surface area (Å²) in [6.45, 7) is 4.25. The highest BCUT2D eigenvalue weighted by Gasteiger charge is 2.36. The van der Waals surface area contributed by atoms with Crippen molar-refractivity contribution in [2.45, 2.75) is 58.2 Å². The SMILES string of the molecule is CC(C)(C)C(OC(N)=O)c1nc(-c2cc3c(N[C@@H]4CCOC[C@@H]4F)cccc3n2CC(F)(F)F)no1. The molecule has 1 saturated heterocycles. The molecule has 1 unspecified atom stereocenters. The van der Waals surface area contributed by atoms with Crippen LogP contribution >= 0.6 is 0 Å². The number of halogens is 4. The van der Waals surface area contributed by atoms with Crippen molar-refractivity contribution in [1.82, 2.24) is 14.7 Å². The Hall–Kier alpha value is -3.35. The third kappa shape index (κ3) is 5.55. The van der Waals surface area contributed by atoms with Crippen LogP contribution in [-0.2, 0) is 16.0 Å². The van der Waals surface area contributed by atoms with E-state index in [0.717, 1.165) is 4.57 Å². The largest absolute Gasteiger partial charge is 0.436 e. The van der Waals surface area contributed by atoms with Crippen molar-refractivity contribution >= 4 is 22.7 Å². The molecule has 1 aromatic carbocycles. The number of benzene rings is 1. The Morgan fingerprint density at radius 2 is 2.08 bits per heavy atom. The molecule has 36 heavy (non-hydrogen) atoms. The van der Waals surface area contributed by atoms with E-state index in [-0.39, 0.29) is 29.5 Å². The molecule has 9 nitrogen and oxygen atoms in total. The average Bonchev–Trinajstić information content (AvgIpc) is 3.37. The monoisotopic (exact) mass is 513 g/mol. The van der Waals surface area contributed by atoms with E-state index >= 15 is 0 Å². The van der Waals surface area contributed by atoms with Gasteiger partial charge in [0.25, 0.3) is 5.89 Å². The van der Waals surface area contributed by atoms with Gasteiger partial charge in [0, 0.05) is 23.1 Å². The molecular weight excluding hydrogens is 486 g/mol. The second kappa shape index (κ2) is 9.60. The van der Waals surface area contributed by atoms with E-state index in [1.54, 1.807) is 32.9 Å². The van der Waals surface area contributed by atoms with Crippen molar-refractivity contribution < 1.29 is 36.4 Å². The smallest absolute Gasteiger partial charge is 0.406 e. The molecule has 1 fully saturated rings. The molecule has 0 spiro atoms. The maximum absolute atomic E-state index is 14.4. The van der Waals surface area contributed by atoms with Gasteiger partial charge in [-0.15, -0.1) is 0 Å². The standard InChI is InChI=1S/C23H27F4N5O4/c1-22(2,3)18(35-21(28)33)20-30-19(31-36-20)17-9-12-14(29-15-7-8-34-10-13(15)24)5-4-6-16(12)32(17)11-23(25,26)27/h4-6,9,13,15,18,29H,7-8,10-11H2,1-3H3,(H2,28,33)/t13-,15+,18?/m0/s1. The first-order valence-electron chi connectivity index (χ1n) is 11.3. The van der Waals surface area contributed by atoms with E-state index in [9.17, 15) is 22.4 Å². The molecule has 196 valence electrons. The molecule has 0 aliphatic carbocycles. The number of nitrogens with zero attached hydrogens (tertiary/aromatic N) is 3. The average molecular weight is 513 g/mol. The van der Waals surface area contributed by atoms with Gasteiger partial charge >= 0.3 is 12.3 Å². The van der Waals surface area contributed by atoms with Gasteiger partial charge < -0.3 is 29.6 Å². The lowest BCUT2D eigenvalue weighted by atomic mass is 9.89. The molecule has 1 amide bonds. The first kappa shape index (κ1) is 25.7. The molecule has 1 aliphatic heterocycles. The number of carbonyl (C=O) groups excluding carboxylic acids is 1. The normalized spacial score (nSPS) is 19.9. The zero-order valence-electron chi connectivity index (χ0n) is 19.9. The van der Waals surface area contributed by atoms with Gasteiger partial charge in [-0.1, -0.05) is 32.0 Å². The highest BCUT2D eigenvalue weighted by molar-refractivity contribution is 5.96. The Labute approximate surface area is 203 Å². The maximum Gasteiger partial charge on any atom is 0.406 e. The quantitative estimate of drug-likeness (QED) is 0.447. The van der Waals surface area contributed by atoms with Crippen LogP contribution in [-0.4, -0.2) is 52.4 Å². The Morgan fingerprint density at radius 1 is 1.33 bits per heavy atom. The van der Waals surface area contributed by atoms with Crippen molar-refractivity contribution in [2.75, 3.05) is 18.5 Å². The number of anilines is 1. The third-order valence-electron chi connectivity index (χ3n) is 5.83. The number of hydrogen-bond donors (Lipinski definition) is 2. The number of nitrogens with one attached hydrogen (secondary N) is 1. The van der Waals surface area contributed by atoms with E-state index in [1.807, 2.05) is 0 Å². The molecule has 0 saturated carbocycles. The van der Waals surface area contributed by atoms with Gasteiger partial charge in [0.05, 0.1) is 23.9 Å². The molecule has 2 aromatic heterocycles. The van der Waals surface area contributed by atoms with E-state index in [1.165, 1.54) is 12.1 Å². The summed E-state index contributed by atoms with van der Waals surface area (Å²) >= 11 is 0. The Kier molecular flexibility index (Phi) is 6.86. The minimum Gasteiger partial charge on any atom is -0.436 e.